The molecule has 0 saturated carbocycles. The fourth-order valence-electron chi connectivity index (χ4n) is 1.54. The van der Waals surface area contributed by atoms with Crippen LogP contribution in [0.25, 0.3) is 0 Å². The van der Waals surface area contributed by atoms with E-state index >= 15 is 0 Å². The Balaban J connectivity index is 2.66. The first-order chi connectivity index (χ1) is 7.83. The summed E-state index contributed by atoms with van der Waals surface area (Å²) in [5, 5.41) is 0.136. The molecule has 0 saturated heterocycles. The molecule has 92 valence electrons. The van der Waals surface area contributed by atoms with Gasteiger partial charge in [-0.05, 0) is 32.9 Å². The van der Waals surface area contributed by atoms with Gasteiger partial charge in [0.05, 0.1) is 11.6 Å². The van der Waals surface area contributed by atoms with Crippen molar-refractivity contribution in [2.45, 2.75) is 32.4 Å². The van der Waals surface area contributed by atoms with Crippen LogP contribution in [-0.2, 0) is 0 Å². The number of rotatable bonds is 0. The summed E-state index contributed by atoms with van der Waals surface area (Å²) in [5.74, 6) is -2.16. The summed E-state index contributed by atoms with van der Waals surface area (Å²) >= 11 is 5.98. The lowest BCUT2D eigenvalue weighted by atomic mass is 10.0. The third-order valence-electron chi connectivity index (χ3n) is 2.95. The van der Waals surface area contributed by atoms with Crippen LogP contribution in [-0.4, -0.2) is 16.8 Å². The molecule has 2 rings (SSSR count). The number of fused-ring (bicyclic) bond motifs is 1. The van der Waals surface area contributed by atoms with Crippen LogP contribution in [0.4, 0.5) is 8.78 Å². The molecule has 1 heterocycles. The maximum Gasteiger partial charge on any atom is 0.201 e. The molecular formula is C12H12ClF2NO. The molecule has 0 amide bonds. The SMILES string of the molecule is C[C@@H]1N=C(Cl)c2ccc(F)c(F)c2OC1(C)C. The van der Waals surface area contributed by atoms with Gasteiger partial charge in [0.15, 0.2) is 11.6 Å². The predicted molar refractivity (Wildman–Crippen MR) is 62.9 cm³/mol. The molecule has 0 radical (unpaired) electrons. The van der Waals surface area contributed by atoms with Gasteiger partial charge in [-0.2, -0.15) is 4.39 Å². The van der Waals surface area contributed by atoms with E-state index in [1.165, 1.54) is 6.07 Å². The van der Waals surface area contributed by atoms with Crippen molar-refractivity contribution in [3.63, 3.8) is 0 Å². The van der Waals surface area contributed by atoms with Crippen LogP contribution in [0, 0.1) is 11.6 Å². The Labute approximate surface area is 103 Å². The van der Waals surface area contributed by atoms with Gasteiger partial charge >= 0.3 is 0 Å². The van der Waals surface area contributed by atoms with E-state index in [0.29, 0.717) is 0 Å². The van der Waals surface area contributed by atoms with Gasteiger partial charge in [0.2, 0.25) is 5.82 Å². The van der Waals surface area contributed by atoms with Gasteiger partial charge in [-0.25, -0.2) is 4.39 Å². The fourth-order valence-corrected chi connectivity index (χ4v) is 1.83. The molecule has 0 spiro atoms. The quantitative estimate of drug-likeness (QED) is 0.699. The largest absolute Gasteiger partial charge is 0.482 e. The van der Waals surface area contributed by atoms with E-state index in [9.17, 15) is 8.78 Å². The summed E-state index contributed by atoms with van der Waals surface area (Å²) in [6.45, 7) is 5.32. The second kappa shape index (κ2) is 3.95. The zero-order valence-electron chi connectivity index (χ0n) is 9.72. The maximum absolute atomic E-state index is 13.7. The van der Waals surface area contributed by atoms with E-state index in [0.717, 1.165) is 6.07 Å². The Bertz CT molecular complexity index is 500. The van der Waals surface area contributed by atoms with Crippen LogP contribution in [0.1, 0.15) is 26.3 Å². The summed E-state index contributed by atoms with van der Waals surface area (Å²) in [6.07, 6.45) is 0. The fraction of sp³-hybridized carbons (Fsp3) is 0.417. The lowest BCUT2D eigenvalue weighted by molar-refractivity contribution is 0.0831. The van der Waals surface area contributed by atoms with Gasteiger partial charge in [-0.15, -0.1) is 0 Å². The molecule has 0 aliphatic carbocycles. The van der Waals surface area contributed by atoms with Gasteiger partial charge in [-0.1, -0.05) is 11.6 Å². The molecular weight excluding hydrogens is 248 g/mol. The molecule has 17 heavy (non-hydrogen) atoms. The van der Waals surface area contributed by atoms with E-state index < -0.39 is 17.2 Å². The van der Waals surface area contributed by atoms with E-state index in [1.807, 2.05) is 6.92 Å². The summed E-state index contributed by atoms with van der Waals surface area (Å²) in [5.41, 5.74) is -0.469. The molecule has 0 unspecified atom stereocenters. The van der Waals surface area contributed by atoms with Crippen molar-refractivity contribution in [1.29, 1.82) is 0 Å². The normalized spacial score (nSPS) is 22.2. The van der Waals surface area contributed by atoms with Crippen molar-refractivity contribution in [1.82, 2.24) is 0 Å². The van der Waals surface area contributed by atoms with Crippen molar-refractivity contribution in [3.05, 3.63) is 29.3 Å². The lowest BCUT2D eigenvalue weighted by Gasteiger charge is -2.28. The van der Waals surface area contributed by atoms with Gasteiger partial charge in [0, 0.05) is 0 Å². The van der Waals surface area contributed by atoms with Crippen LogP contribution >= 0.6 is 11.6 Å². The van der Waals surface area contributed by atoms with Crippen LogP contribution in [0.2, 0.25) is 0 Å². The zero-order chi connectivity index (χ0) is 12.8. The number of nitrogens with zero attached hydrogens (tertiary/aromatic N) is 1. The van der Waals surface area contributed by atoms with Crippen LogP contribution in [0.15, 0.2) is 17.1 Å². The smallest absolute Gasteiger partial charge is 0.201 e. The molecule has 0 fully saturated rings. The van der Waals surface area contributed by atoms with Crippen LogP contribution < -0.4 is 4.74 Å². The van der Waals surface area contributed by atoms with Crippen molar-refractivity contribution in [3.8, 4) is 5.75 Å². The van der Waals surface area contributed by atoms with Crippen molar-refractivity contribution >= 4 is 16.8 Å². The third-order valence-corrected chi connectivity index (χ3v) is 3.25. The van der Waals surface area contributed by atoms with Crippen LogP contribution in [0.5, 0.6) is 5.75 Å². The molecule has 0 N–H and O–H groups in total. The molecule has 0 bridgehead atoms. The average Bonchev–Trinajstić information content (AvgIpc) is 2.31. The van der Waals surface area contributed by atoms with Crippen molar-refractivity contribution in [2.24, 2.45) is 4.99 Å². The topological polar surface area (TPSA) is 21.6 Å². The minimum absolute atomic E-state index is 0.136. The Morgan fingerprint density at radius 2 is 2.00 bits per heavy atom. The Morgan fingerprint density at radius 1 is 1.35 bits per heavy atom. The molecule has 1 atom stereocenters. The van der Waals surface area contributed by atoms with E-state index in [4.69, 9.17) is 16.3 Å². The number of benzene rings is 1. The highest BCUT2D eigenvalue weighted by atomic mass is 35.5. The second-order valence-electron chi connectivity index (χ2n) is 4.54. The Kier molecular flexibility index (Phi) is 2.86. The first-order valence-corrected chi connectivity index (χ1v) is 5.61. The van der Waals surface area contributed by atoms with Crippen molar-refractivity contribution < 1.29 is 13.5 Å². The molecule has 1 aliphatic heterocycles. The van der Waals surface area contributed by atoms with E-state index in [2.05, 4.69) is 4.99 Å². The lowest BCUT2D eigenvalue weighted by Crippen LogP contribution is -2.38. The van der Waals surface area contributed by atoms with Gasteiger partial charge in [0.25, 0.3) is 0 Å². The maximum atomic E-state index is 13.7. The number of ether oxygens (including phenoxy) is 1. The summed E-state index contributed by atoms with van der Waals surface area (Å²) in [4.78, 5) is 4.21. The van der Waals surface area contributed by atoms with Gasteiger partial charge in [0.1, 0.15) is 10.8 Å². The summed E-state index contributed by atoms with van der Waals surface area (Å²) in [6, 6.07) is 2.12. The minimum Gasteiger partial charge on any atom is -0.482 e. The third kappa shape index (κ3) is 2.02. The molecule has 2 nitrogen and oxygen atoms in total. The minimum atomic E-state index is -1.03. The molecule has 1 aliphatic rings. The number of aliphatic imine (C=N–C) groups is 1. The van der Waals surface area contributed by atoms with Crippen LogP contribution in [0.3, 0.4) is 0 Å². The highest BCUT2D eigenvalue weighted by Crippen LogP contribution is 2.34. The number of hydrogen-bond acceptors (Lipinski definition) is 2. The highest BCUT2D eigenvalue weighted by Gasteiger charge is 2.34. The highest BCUT2D eigenvalue weighted by molar-refractivity contribution is 6.70. The molecule has 1 aromatic carbocycles. The van der Waals surface area contributed by atoms with E-state index in [-0.39, 0.29) is 22.5 Å². The zero-order valence-corrected chi connectivity index (χ0v) is 10.5. The second-order valence-corrected chi connectivity index (χ2v) is 4.90. The van der Waals surface area contributed by atoms with Crippen molar-refractivity contribution in [2.75, 3.05) is 0 Å². The molecule has 0 aromatic heterocycles. The number of hydrogen-bond donors (Lipinski definition) is 0. The molecule has 1 aromatic rings. The van der Waals surface area contributed by atoms with Gasteiger partial charge in [-0.3, -0.25) is 4.99 Å². The van der Waals surface area contributed by atoms with Gasteiger partial charge < -0.3 is 4.74 Å². The average molecular weight is 260 g/mol. The summed E-state index contributed by atoms with van der Waals surface area (Å²) in [7, 11) is 0. The predicted octanol–water partition coefficient (Wildman–Crippen LogP) is 3.51. The Hall–Kier alpha value is -1.16. The number of halogens is 3. The van der Waals surface area contributed by atoms with E-state index in [1.54, 1.807) is 13.8 Å². The summed E-state index contributed by atoms with van der Waals surface area (Å²) < 4.78 is 32.4. The first kappa shape index (κ1) is 12.3. The standard InChI is InChI=1S/C12H12ClF2NO/c1-6-12(2,3)17-10-7(11(13)16-6)4-5-8(14)9(10)15/h4-6H,1-3H3/t6-/m0/s1. The monoisotopic (exact) mass is 259 g/mol. The Morgan fingerprint density at radius 3 is 2.65 bits per heavy atom. The molecule has 5 heteroatoms. The first-order valence-electron chi connectivity index (χ1n) is 5.23.